The summed E-state index contributed by atoms with van der Waals surface area (Å²) < 4.78 is 38.5. The Hall–Kier alpha value is -2.35. The number of hydrogen-bond acceptors (Lipinski definition) is 5. The minimum absolute atomic E-state index is 0.0815. The van der Waals surface area contributed by atoms with Crippen molar-refractivity contribution in [1.29, 1.82) is 0 Å². The lowest BCUT2D eigenvalue weighted by Gasteiger charge is -2.42. The fourth-order valence-electron chi connectivity index (χ4n) is 4.86. The monoisotopic (exact) mass is 417 g/mol. The number of carbonyl (C=O) groups excluding carboxylic acids is 1. The Morgan fingerprint density at radius 3 is 2.07 bits per heavy atom. The third kappa shape index (κ3) is 3.85. The molecular weight excluding hydrogens is 392 g/mol. The molecule has 30 heavy (non-hydrogen) atoms. The van der Waals surface area contributed by atoms with E-state index in [1.807, 2.05) is 11.9 Å². The van der Waals surface area contributed by atoms with Crippen molar-refractivity contribution in [3.8, 4) is 0 Å². The normalized spacial score (nSPS) is 28.7. The van der Waals surface area contributed by atoms with E-state index in [1.54, 1.807) is 24.3 Å². The summed E-state index contributed by atoms with van der Waals surface area (Å²) in [5.41, 5.74) is 1.39. The number of aliphatic hydroxyl groups is 1. The third-order valence-electron chi connectivity index (χ3n) is 6.36. The summed E-state index contributed by atoms with van der Waals surface area (Å²) in [7, 11) is 3.22. The van der Waals surface area contributed by atoms with Gasteiger partial charge in [0.15, 0.2) is 0 Å². The number of hydrogen-bond donors (Lipinski definition) is 1. The molecule has 160 valence electrons. The van der Waals surface area contributed by atoms with Gasteiger partial charge in [-0.15, -0.1) is 0 Å². The molecule has 0 saturated carbocycles. The molecule has 2 fully saturated rings. The van der Waals surface area contributed by atoms with Crippen LogP contribution in [0.3, 0.4) is 0 Å². The van der Waals surface area contributed by atoms with Gasteiger partial charge in [0, 0.05) is 6.04 Å². The van der Waals surface area contributed by atoms with Crippen LogP contribution >= 0.6 is 0 Å². The number of halogens is 2. The summed E-state index contributed by atoms with van der Waals surface area (Å²) in [6, 6.07) is 11.5. The van der Waals surface area contributed by atoms with Crippen LogP contribution in [0.2, 0.25) is 0 Å². The van der Waals surface area contributed by atoms with Gasteiger partial charge < -0.3 is 14.6 Å². The molecule has 0 aromatic heterocycles. The van der Waals surface area contributed by atoms with Crippen molar-refractivity contribution in [3.05, 3.63) is 71.3 Å². The molecule has 0 aliphatic carbocycles. The lowest BCUT2D eigenvalue weighted by atomic mass is 9.86. The van der Waals surface area contributed by atoms with Crippen LogP contribution in [0.4, 0.5) is 8.78 Å². The van der Waals surface area contributed by atoms with Crippen LogP contribution in [0.5, 0.6) is 0 Å². The van der Waals surface area contributed by atoms with E-state index in [4.69, 9.17) is 9.47 Å². The number of carbonyl (C=O) groups is 1. The molecule has 2 aromatic carbocycles. The van der Waals surface area contributed by atoms with Gasteiger partial charge in [0.05, 0.1) is 25.4 Å². The van der Waals surface area contributed by atoms with E-state index in [9.17, 15) is 18.7 Å². The smallest absolute Gasteiger partial charge is 0.313 e. The maximum atomic E-state index is 13.5. The van der Waals surface area contributed by atoms with Crippen molar-refractivity contribution in [2.45, 2.75) is 43.2 Å². The van der Waals surface area contributed by atoms with Crippen molar-refractivity contribution in [1.82, 2.24) is 4.90 Å². The fraction of sp³-hybridized carbons (Fsp3) is 0.435. The average Bonchev–Trinajstić information content (AvgIpc) is 2.92. The Labute approximate surface area is 174 Å². The molecule has 2 aliphatic heterocycles. The number of rotatable bonds is 5. The van der Waals surface area contributed by atoms with E-state index < -0.39 is 36.2 Å². The first-order valence-corrected chi connectivity index (χ1v) is 10.0. The summed E-state index contributed by atoms with van der Waals surface area (Å²) >= 11 is 0. The summed E-state index contributed by atoms with van der Waals surface area (Å²) in [4.78, 5) is 14.7. The number of piperidine rings is 1. The second-order valence-electron chi connectivity index (χ2n) is 8.06. The van der Waals surface area contributed by atoms with Gasteiger partial charge in [0.1, 0.15) is 23.7 Å². The Bertz CT molecular complexity index is 844. The van der Waals surface area contributed by atoms with Gasteiger partial charge in [0.25, 0.3) is 0 Å². The highest BCUT2D eigenvalue weighted by molar-refractivity contribution is 5.74. The Morgan fingerprint density at radius 2 is 1.57 bits per heavy atom. The lowest BCUT2D eigenvalue weighted by Crippen LogP contribution is -2.55. The van der Waals surface area contributed by atoms with E-state index in [1.165, 1.54) is 31.4 Å². The SMILES string of the molecule is COC(=O)C1C(OC(c2ccc(F)cc2)c2ccc(F)cc2)CC2C[C@@H](O)C1N2C. The number of likely N-dealkylation sites (N-methyl/N-ethyl adjacent to an activating group) is 1. The molecule has 2 saturated heterocycles. The minimum atomic E-state index is -0.669. The maximum Gasteiger partial charge on any atom is 0.313 e. The second-order valence-corrected chi connectivity index (χ2v) is 8.06. The number of nitrogens with zero attached hydrogens (tertiary/aromatic N) is 1. The number of methoxy groups -OCH3 is 1. The van der Waals surface area contributed by atoms with Crippen molar-refractivity contribution in [3.63, 3.8) is 0 Å². The molecule has 2 aromatic rings. The zero-order valence-corrected chi connectivity index (χ0v) is 16.9. The predicted octanol–water partition coefficient (Wildman–Crippen LogP) is 3.07. The van der Waals surface area contributed by atoms with Crippen LogP contribution in [0, 0.1) is 17.6 Å². The number of esters is 1. The van der Waals surface area contributed by atoms with Crippen molar-refractivity contribution in [2.24, 2.45) is 5.92 Å². The number of ether oxygens (including phenoxy) is 2. The minimum Gasteiger partial charge on any atom is -0.469 e. The second kappa shape index (κ2) is 8.41. The molecule has 2 aliphatic rings. The van der Waals surface area contributed by atoms with Crippen LogP contribution in [0.25, 0.3) is 0 Å². The van der Waals surface area contributed by atoms with Crippen LogP contribution in [-0.4, -0.2) is 54.4 Å². The van der Waals surface area contributed by atoms with Crippen molar-refractivity contribution >= 4 is 5.97 Å². The molecule has 1 N–H and O–H groups in total. The standard InChI is InChI=1S/C23H25F2NO4/c1-26-17-11-18(27)21(26)20(23(28)29-2)19(12-17)30-22(13-3-7-15(24)8-4-13)14-5-9-16(25)10-6-14/h3-10,17-22,27H,11-12H2,1-2H3/t17?,18-,19?,20?,21?/m1/s1. The molecule has 5 atom stereocenters. The first kappa shape index (κ1) is 20.9. The first-order valence-electron chi connectivity index (χ1n) is 10.0. The molecule has 4 rings (SSSR count). The molecular formula is C23H25F2NO4. The maximum absolute atomic E-state index is 13.5. The quantitative estimate of drug-likeness (QED) is 0.758. The highest BCUT2D eigenvalue weighted by Gasteiger charge is 2.54. The third-order valence-corrected chi connectivity index (χ3v) is 6.36. The zero-order valence-electron chi connectivity index (χ0n) is 16.9. The molecule has 0 amide bonds. The van der Waals surface area contributed by atoms with Crippen LogP contribution in [0.15, 0.2) is 48.5 Å². The van der Waals surface area contributed by atoms with Gasteiger partial charge in [-0.2, -0.15) is 0 Å². The molecule has 2 bridgehead atoms. The number of benzene rings is 2. The fourth-order valence-corrected chi connectivity index (χ4v) is 4.86. The molecule has 0 radical (unpaired) electrons. The molecule has 5 nitrogen and oxygen atoms in total. The summed E-state index contributed by atoms with van der Waals surface area (Å²) in [6.07, 6.45) is -0.674. The predicted molar refractivity (Wildman–Crippen MR) is 106 cm³/mol. The Morgan fingerprint density at radius 1 is 1.03 bits per heavy atom. The van der Waals surface area contributed by atoms with Gasteiger partial charge in [-0.25, -0.2) is 8.78 Å². The van der Waals surface area contributed by atoms with Gasteiger partial charge in [-0.3, -0.25) is 9.69 Å². The van der Waals surface area contributed by atoms with E-state index in [0.29, 0.717) is 24.0 Å². The largest absolute Gasteiger partial charge is 0.469 e. The summed E-state index contributed by atoms with van der Waals surface area (Å²) in [6.45, 7) is 0. The number of fused-ring (bicyclic) bond motifs is 2. The Kier molecular flexibility index (Phi) is 5.86. The summed E-state index contributed by atoms with van der Waals surface area (Å²) in [5, 5.41) is 10.5. The van der Waals surface area contributed by atoms with Gasteiger partial charge >= 0.3 is 5.97 Å². The van der Waals surface area contributed by atoms with Crippen LogP contribution in [0.1, 0.15) is 30.1 Å². The molecule has 7 heteroatoms. The van der Waals surface area contributed by atoms with E-state index in [0.717, 1.165) is 0 Å². The topological polar surface area (TPSA) is 59.0 Å². The first-order chi connectivity index (χ1) is 14.4. The van der Waals surface area contributed by atoms with E-state index in [2.05, 4.69) is 0 Å². The summed E-state index contributed by atoms with van der Waals surface area (Å²) in [5.74, 6) is -1.85. The zero-order chi connectivity index (χ0) is 21.4. The van der Waals surface area contributed by atoms with Crippen molar-refractivity contribution < 1.29 is 28.2 Å². The molecule has 0 spiro atoms. The van der Waals surface area contributed by atoms with Gasteiger partial charge in [0.2, 0.25) is 0 Å². The highest BCUT2D eigenvalue weighted by atomic mass is 19.1. The van der Waals surface area contributed by atoms with Crippen LogP contribution < -0.4 is 0 Å². The average molecular weight is 417 g/mol. The van der Waals surface area contributed by atoms with Gasteiger partial charge in [-0.1, -0.05) is 24.3 Å². The highest BCUT2D eigenvalue weighted by Crippen LogP contribution is 2.42. The lowest BCUT2D eigenvalue weighted by molar-refractivity contribution is -0.164. The number of aliphatic hydroxyl groups excluding tert-OH is 1. The molecule has 2 heterocycles. The van der Waals surface area contributed by atoms with Gasteiger partial charge in [-0.05, 0) is 55.3 Å². The van der Waals surface area contributed by atoms with Crippen LogP contribution in [-0.2, 0) is 14.3 Å². The van der Waals surface area contributed by atoms with E-state index in [-0.39, 0.29) is 17.7 Å². The van der Waals surface area contributed by atoms with E-state index >= 15 is 0 Å². The Balaban J connectivity index is 1.70. The van der Waals surface area contributed by atoms with Crippen molar-refractivity contribution in [2.75, 3.05) is 14.2 Å². The molecule has 4 unspecified atom stereocenters.